The van der Waals surface area contributed by atoms with E-state index in [0.717, 1.165) is 24.3 Å². The predicted molar refractivity (Wildman–Crippen MR) is 90.3 cm³/mol. The summed E-state index contributed by atoms with van der Waals surface area (Å²) in [5.74, 6) is 2.51. The highest BCUT2D eigenvalue weighted by Gasteiger charge is 2.35. The van der Waals surface area contributed by atoms with Crippen LogP contribution in [0.4, 0.5) is 5.69 Å². The second kappa shape index (κ2) is 5.36. The van der Waals surface area contributed by atoms with Gasteiger partial charge in [-0.3, -0.25) is 0 Å². The number of hydrogen-bond acceptors (Lipinski definition) is 1. The lowest BCUT2D eigenvalue weighted by molar-refractivity contribution is 0.141. The molecule has 2 heteroatoms. The Labute approximate surface area is 131 Å². The fourth-order valence-corrected chi connectivity index (χ4v) is 4.52. The van der Waals surface area contributed by atoms with Crippen LogP contribution in [0.5, 0.6) is 0 Å². The zero-order chi connectivity index (χ0) is 14.3. The highest BCUT2D eigenvalue weighted by molar-refractivity contribution is 9.10. The number of fused-ring (bicyclic) bond motifs is 1. The molecule has 0 radical (unpaired) electrons. The van der Waals surface area contributed by atoms with Crippen LogP contribution in [-0.4, -0.2) is 6.54 Å². The van der Waals surface area contributed by atoms with Crippen LogP contribution in [0.25, 0.3) is 0 Å². The van der Waals surface area contributed by atoms with Gasteiger partial charge in [0.2, 0.25) is 0 Å². The average Bonchev–Trinajstić information content (AvgIpc) is 2.81. The van der Waals surface area contributed by atoms with Gasteiger partial charge >= 0.3 is 0 Å². The maximum Gasteiger partial charge on any atom is 0.0377 e. The Kier molecular flexibility index (Phi) is 3.87. The number of rotatable bonds is 1. The molecule has 0 saturated heterocycles. The first-order valence-electron chi connectivity index (χ1n) is 7.98. The molecular weight excluding hydrogens is 310 g/mol. The molecule has 1 N–H and O–H groups in total. The zero-order valence-corrected chi connectivity index (χ0v) is 14.5. The lowest BCUT2D eigenvalue weighted by Gasteiger charge is -2.38. The zero-order valence-electron chi connectivity index (χ0n) is 12.9. The molecule has 0 spiro atoms. The van der Waals surface area contributed by atoms with Crippen molar-refractivity contribution >= 4 is 21.6 Å². The third-order valence-electron chi connectivity index (χ3n) is 5.49. The molecule has 20 heavy (non-hydrogen) atoms. The van der Waals surface area contributed by atoms with Crippen molar-refractivity contribution in [2.24, 2.45) is 17.3 Å². The molecule has 1 unspecified atom stereocenters. The van der Waals surface area contributed by atoms with Crippen LogP contribution < -0.4 is 5.32 Å². The third-order valence-corrected chi connectivity index (χ3v) is 5.98. The molecule has 1 aromatic carbocycles. The normalized spacial score (nSPS) is 29.9. The highest BCUT2D eigenvalue weighted by Crippen LogP contribution is 2.47. The summed E-state index contributed by atoms with van der Waals surface area (Å²) < 4.78 is 1.22. The smallest absolute Gasteiger partial charge is 0.0377 e. The van der Waals surface area contributed by atoms with Gasteiger partial charge in [-0.25, -0.2) is 0 Å². The van der Waals surface area contributed by atoms with E-state index < -0.39 is 0 Å². The van der Waals surface area contributed by atoms with Gasteiger partial charge in [0.05, 0.1) is 0 Å². The van der Waals surface area contributed by atoms with Crippen molar-refractivity contribution in [1.29, 1.82) is 0 Å². The number of benzene rings is 1. The molecule has 1 saturated carbocycles. The molecule has 110 valence electrons. The molecule has 0 amide bonds. The Bertz CT molecular complexity index is 481. The summed E-state index contributed by atoms with van der Waals surface area (Å²) in [6.45, 7) is 8.35. The number of hydrogen-bond donors (Lipinski definition) is 1. The molecule has 2 aliphatic rings. The largest absolute Gasteiger partial charge is 0.384 e. The van der Waals surface area contributed by atoms with E-state index in [2.05, 4.69) is 60.2 Å². The second-order valence-electron chi connectivity index (χ2n) is 7.70. The molecule has 1 aromatic rings. The minimum absolute atomic E-state index is 0.486. The SMILES string of the molecule is CC(C)(C)C1CCC(C2CNc3ccc(Br)cc32)CC1. The van der Waals surface area contributed by atoms with E-state index in [-0.39, 0.29) is 0 Å². The third kappa shape index (κ3) is 2.77. The maximum absolute atomic E-state index is 3.62. The van der Waals surface area contributed by atoms with E-state index >= 15 is 0 Å². The summed E-state index contributed by atoms with van der Waals surface area (Å²) >= 11 is 3.62. The van der Waals surface area contributed by atoms with Gasteiger partial charge in [-0.2, -0.15) is 0 Å². The molecular formula is C18H26BrN. The fourth-order valence-electron chi connectivity index (χ4n) is 4.14. The molecule has 1 nitrogen and oxygen atoms in total. The van der Waals surface area contributed by atoms with Crippen molar-refractivity contribution in [3.8, 4) is 0 Å². The van der Waals surface area contributed by atoms with Crippen molar-refractivity contribution < 1.29 is 0 Å². The Morgan fingerprint density at radius 3 is 2.45 bits per heavy atom. The van der Waals surface area contributed by atoms with Crippen molar-refractivity contribution in [1.82, 2.24) is 0 Å². The van der Waals surface area contributed by atoms with Gasteiger partial charge in [-0.05, 0) is 66.7 Å². The van der Waals surface area contributed by atoms with Crippen LogP contribution in [0, 0.1) is 17.3 Å². The van der Waals surface area contributed by atoms with Gasteiger partial charge < -0.3 is 5.32 Å². The van der Waals surface area contributed by atoms with E-state index in [4.69, 9.17) is 0 Å². The molecule has 1 aliphatic carbocycles. The van der Waals surface area contributed by atoms with E-state index in [0.29, 0.717) is 5.41 Å². The molecule has 1 heterocycles. The van der Waals surface area contributed by atoms with Gasteiger partial charge in [0, 0.05) is 22.6 Å². The minimum Gasteiger partial charge on any atom is -0.384 e. The van der Waals surface area contributed by atoms with Crippen LogP contribution in [0.2, 0.25) is 0 Å². The first kappa shape index (κ1) is 14.4. The standard InChI is InChI=1S/C18H26BrN/c1-18(2,3)13-6-4-12(5-7-13)16-11-20-17-9-8-14(19)10-15(16)17/h8-10,12-13,16,20H,4-7,11H2,1-3H3. The summed E-state index contributed by atoms with van der Waals surface area (Å²) in [6.07, 6.45) is 5.63. The van der Waals surface area contributed by atoms with Crippen LogP contribution in [0.3, 0.4) is 0 Å². The monoisotopic (exact) mass is 335 g/mol. The highest BCUT2D eigenvalue weighted by atomic mass is 79.9. The summed E-state index contributed by atoms with van der Waals surface area (Å²) in [5, 5.41) is 3.60. The minimum atomic E-state index is 0.486. The van der Waals surface area contributed by atoms with Crippen LogP contribution in [0.15, 0.2) is 22.7 Å². The maximum atomic E-state index is 3.62. The van der Waals surface area contributed by atoms with Gasteiger partial charge in [0.15, 0.2) is 0 Å². The summed E-state index contributed by atoms with van der Waals surface area (Å²) in [6, 6.07) is 6.70. The van der Waals surface area contributed by atoms with E-state index in [9.17, 15) is 0 Å². The second-order valence-corrected chi connectivity index (χ2v) is 8.61. The summed E-state index contributed by atoms with van der Waals surface area (Å²) in [5.41, 5.74) is 3.38. The van der Waals surface area contributed by atoms with Gasteiger partial charge in [-0.1, -0.05) is 36.7 Å². The van der Waals surface area contributed by atoms with E-state index in [1.54, 1.807) is 5.56 Å². The lowest BCUT2D eigenvalue weighted by Crippen LogP contribution is -2.28. The van der Waals surface area contributed by atoms with Crippen molar-refractivity contribution in [3.05, 3.63) is 28.2 Å². The Morgan fingerprint density at radius 1 is 1.10 bits per heavy atom. The van der Waals surface area contributed by atoms with E-state index in [1.807, 2.05) is 0 Å². The van der Waals surface area contributed by atoms with Crippen LogP contribution in [0.1, 0.15) is 57.9 Å². The van der Waals surface area contributed by atoms with Gasteiger partial charge in [0.25, 0.3) is 0 Å². The fraction of sp³-hybridized carbons (Fsp3) is 0.667. The predicted octanol–water partition coefficient (Wildman–Crippen LogP) is 5.81. The number of nitrogens with one attached hydrogen (secondary N) is 1. The topological polar surface area (TPSA) is 12.0 Å². The van der Waals surface area contributed by atoms with Crippen LogP contribution in [-0.2, 0) is 0 Å². The van der Waals surface area contributed by atoms with Crippen molar-refractivity contribution in [3.63, 3.8) is 0 Å². The summed E-state index contributed by atoms with van der Waals surface area (Å²) in [7, 11) is 0. The number of anilines is 1. The van der Waals surface area contributed by atoms with Crippen molar-refractivity contribution in [2.45, 2.75) is 52.4 Å². The van der Waals surface area contributed by atoms with Gasteiger partial charge in [0.1, 0.15) is 0 Å². The van der Waals surface area contributed by atoms with Crippen LogP contribution >= 0.6 is 15.9 Å². The first-order chi connectivity index (χ1) is 9.45. The summed E-state index contributed by atoms with van der Waals surface area (Å²) in [4.78, 5) is 0. The Balaban J connectivity index is 1.70. The molecule has 1 aliphatic heterocycles. The molecule has 0 aromatic heterocycles. The first-order valence-corrected chi connectivity index (χ1v) is 8.78. The molecule has 3 rings (SSSR count). The lowest BCUT2D eigenvalue weighted by atomic mass is 9.67. The molecule has 0 bridgehead atoms. The van der Waals surface area contributed by atoms with Crippen molar-refractivity contribution in [2.75, 3.05) is 11.9 Å². The average molecular weight is 336 g/mol. The number of halogens is 1. The van der Waals surface area contributed by atoms with Gasteiger partial charge in [-0.15, -0.1) is 0 Å². The Morgan fingerprint density at radius 2 is 1.80 bits per heavy atom. The van der Waals surface area contributed by atoms with E-state index in [1.165, 1.54) is 35.8 Å². The molecule has 1 atom stereocenters. The molecule has 1 fully saturated rings. The quantitative estimate of drug-likeness (QED) is 0.682. The Hall–Kier alpha value is -0.500.